The second-order valence-corrected chi connectivity index (χ2v) is 17.4. The van der Waals surface area contributed by atoms with Gasteiger partial charge in [0.05, 0.1) is 59.6 Å². The Morgan fingerprint density at radius 2 is 1.76 bits per heavy atom. The summed E-state index contributed by atoms with van der Waals surface area (Å²) >= 11 is 0. The van der Waals surface area contributed by atoms with Gasteiger partial charge in [0.25, 0.3) is 5.91 Å². The molecule has 2 aromatic carbocycles. The molecule has 0 unspecified atom stereocenters. The number of aryl methyl sites for hydroxylation is 2. The van der Waals surface area contributed by atoms with E-state index in [4.69, 9.17) is 14.5 Å². The lowest BCUT2D eigenvalue weighted by molar-refractivity contribution is -0.137. The number of amides is 4. The molecule has 3 aromatic heterocycles. The zero-order chi connectivity index (χ0) is 43.7. The van der Waals surface area contributed by atoms with Crippen LogP contribution in [-0.4, -0.2) is 115 Å². The van der Waals surface area contributed by atoms with Crippen molar-refractivity contribution in [3.05, 3.63) is 82.7 Å². The van der Waals surface area contributed by atoms with Crippen molar-refractivity contribution in [3.8, 4) is 17.1 Å². The van der Waals surface area contributed by atoms with E-state index in [0.29, 0.717) is 92.4 Å². The Morgan fingerprint density at radius 3 is 2.54 bits per heavy atom. The molecule has 0 spiro atoms. The highest BCUT2D eigenvalue weighted by Crippen LogP contribution is 2.38. The van der Waals surface area contributed by atoms with E-state index in [9.17, 15) is 19.2 Å². The molecule has 4 saturated heterocycles. The quantitative estimate of drug-likeness (QED) is 0.242. The van der Waals surface area contributed by atoms with Crippen LogP contribution in [0.3, 0.4) is 0 Å². The molecule has 0 saturated carbocycles. The number of pyridine rings is 1. The number of piperazine rings is 1. The Hall–Kier alpha value is -6.27. The van der Waals surface area contributed by atoms with Crippen LogP contribution in [0.5, 0.6) is 5.88 Å². The van der Waals surface area contributed by atoms with Gasteiger partial charge in [0.1, 0.15) is 18.2 Å². The van der Waals surface area contributed by atoms with Gasteiger partial charge in [-0.3, -0.25) is 39.7 Å². The maximum Gasteiger partial charge on any atom is 0.258 e. The summed E-state index contributed by atoms with van der Waals surface area (Å²) in [6.45, 7) is 7.69. The van der Waals surface area contributed by atoms with Crippen LogP contribution in [0.2, 0.25) is 0 Å². The molecule has 0 aliphatic carbocycles. The molecule has 328 valence electrons. The average Bonchev–Trinajstić information content (AvgIpc) is 4.10. The van der Waals surface area contributed by atoms with E-state index < -0.39 is 29.4 Å². The van der Waals surface area contributed by atoms with Crippen LogP contribution in [0.15, 0.2) is 48.7 Å². The summed E-state index contributed by atoms with van der Waals surface area (Å²) in [6.07, 6.45) is 2.93. The number of aromatic nitrogens is 5. The van der Waals surface area contributed by atoms with Crippen molar-refractivity contribution in [2.75, 3.05) is 49.6 Å². The summed E-state index contributed by atoms with van der Waals surface area (Å²) in [5.74, 6) is -3.50. The third-order valence-corrected chi connectivity index (χ3v) is 13.2. The molecule has 63 heavy (non-hydrogen) atoms. The first-order valence-corrected chi connectivity index (χ1v) is 21.5. The summed E-state index contributed by atoms with van der Waals surface area (Å²) in [6, 6.07) is 12.3. The minimum absolute atomic E-state index is 0.0191. The number of imide groups is 1. The fraction of sp³-hybridized carbons (Fsp3) is 0.444. The van der Waals surface area contributed by atoms with Crippen molar-refractivity contribution >= 4 is 46.3 Å². The number of carbonyl (C=O) groups excluding carboxylic acids is 4. The number of carbonyl (C=O) groups is 4. The third-order valence-electron chi connectivity index (χ3n) is 13.2. The summed E-state index contributed by atoms with van der Waals surface area (Å²) in [5, 5.41) is 9.59. The van der Waals surface area contributed by atoms with Crippen LogP contribution in [-0.2, 0) is 39.3 Å². The molecule has 4 fully saturated rings. The van der Waals surface area contributed by atoms with E-state index in [1.165, 1.54) is 12.1 Å². The highest BCUT2D eigenvalue weighted by atomic mass is 19.1. The summed E-state index contributed by atoms with van der Waals surface area (Å²) in [7, 11) is 1.79. The fourth-order valence-electron chi connectivity index (χ4n) is 10.1. The Kier molecular flexibility index (Phi) is 10.4. The van der Waals surface area contributed by atoms with Gasteiger partial charge < -0.3 is 23.8 Å². The highest BCUT2D eigenvalue weighted by Gasteiger charge is 2.47. The van der Waals surface area contributed by atoms with Crippen LogP contribution in [0.1, 0.15) is 65.7 Å². The van der Waals surface area contributed by atoms with Gasteiger partial charge in [-0.2, -0.15) is 5.10 Å². The summed E-state index contributed by atoms with van der Waals surface area (Å²) in [5.41, 5.74) is 5.02. The number of nitrogens with zero attached hydrogens (tertiary/aromatic N) is 8. The largest absolute Gasteiger partial charge is 0.475 e. The number of hydrogen-bond donors (Lipinski definition) is 2. The number of benzene rings is 2. The molecule has 5 aliphatic rings. The minimum Gasteiger partial charge on any atom is -0.475 e. The highest BCUT2D eigenvalue weighted by molar-refractivity contribution is 6.05. The molecule has 0 radical (unpaired) electrons. The molecular weight excluding hydrogens is 815 g/mol. The number of fused-ring (bicyclic) bond motifs is 9. The normalized spacial score (nSPS) is 24.1. The number of nitrogens with one attached hydrogen (secondary N) is 2. The second kappa shape index (κ2) is 16.1. The lowest BCUT2D eigenvalue weighted by atomic mass is 9.89. The molecule has 5 aliphatic heterocycles. The Labute approximate surface area is 361 Å². The maximum atomic E-state index is 15.3. The SMILES string of the molecule is Cc1cc2cc(n1)-c1cnn(C)c1OCCO[C@@H](C)Cn1c(nc3ccc(CN4C[C@H]5C[C@@H]4CN5C(=O)[C@@H]4CCN(c5cc(F)c([C@H]6CCC(=O)NC6=O)c(F)c5)C4)cc31)NC2=O. The standard InChI is InChI=1S/C45H48F2N10O6/c1-24-12-28-14-37(49-24)33-18-48-53(3)44(33)63-11-10-62-25(2)19-57-38-13-26(4-6-36(38)50-45(57)52-41(28)59)20-55-22-31-15-30(55)23-56(31)43(61)27-8-9-54(21-27)29-16-34(46)40(35(47)17-29)32-5-7-39(58)51-42(32)60/h4,6,12-14,16-18,25,27,30-32H,5,7-11,15,19-23H2,1-3H3,(H,50,52,59)(H,51,58,60)/t25-,27+,30+,31+,32+/m0/s1. The summed E-state index contributed by atoms with van der Waals surface area (Å²) in [4.78, 5) is 67.5. The van der Waals surface area contributed by atoms with Gasteiger partial charge in [0.15, 0.2) is 0 Å². The molecule has 4 amide bonds. The first kappa shape index (κ1) is 40.8. The molecular formula is C45H48F2N10O6. The fourth-order valence-corrected chi connectivity index (χ4v) is 10.1. The number of halogens is 2. The lowest BCUT2D eigenvalue weighted by Crippen LogP contribution is -2.50. The smallest absolute Gasteiger partial charge is 0.258 e. The molecule has 2 N–H and O–H groups in total. The average molecular weight is 863 g/mol. The Morgan fingerprint density at radius 1 is 0.937 bits per heavy atom. The number of hydrogen-bond acceptors (Lipinski definition) is 11. The van der Waals surface area contributed by atoms with Crippen molar-refractivity contribution in [3.63, 3.8) is 0 Å². The number of rotatable bonds is 5. The van der Waals surface area contributed by atoms with Crippen molar-refractivity contribution < 1.29 is 37.4 Å². The van der Waals surface area contributed by atoms with E-state index in [1.807, 2.05) is 34.3 Å². The van der Waals surface area contributed by atoms with Gasteiger partial charge in [-0.25, -0.2) is 18.4 Å². The Bertz CT molecular complexity index is 2660. The maximum absolute atomic E-state index is 15.3. The van der Waals surface area contributed by atoms with Gasteiger partial charge >= 0.3 is 0 Å². The van der Waals surface area contributed by atoms with Gasteiger partial charge in [0.2, 0.25) is 29.5 Å². The monoisotopic (exact) mass is 862 g/mol. The predicted octanol–water partition coefficient (Wildman–Crippen LogP) is 4.30. The van der Waals surface area contributed by atoms with E-state index >= 15 is 8.78 Å². The van der Waals surface area contributed by atoms with Crippen molar-refractivity contribution in [1.82, 2.24) is 39.4 Å². The van der Waals surface area contributed by atoms with Gasteiger partial charge in [-0.05, 0) is 75.1 Å². The van der Waals surface area contributed by atoms with E-state index in [-0.39, 0.29) is 54.3 Å². The van der Waals surface area contributed by atoms with Crippen LogP contribution >= 0.6 is 0 Å². The second-order valence-electron chi connectivity index (χ2n) is 17.4. The van der Waals surface area contributed by atoms with Crippen LogP contribution in [0.4, 0.5) is 20.4 Å². The van der Waals surface area contributed by atoms with E-state index in [2.05, 4.69) is 37.7 Å². The summed E-state index contributed by atoms with van der Waals surface area (Å²) < 4.78 is 46.6. The van der Waals surface area contributed by atoms with Gasteiger partial charge in [-0.1, -0.05) is 6.07 Å². The molecule has 16 nitrogen and oxygen atoms in total. The molecule has 8 heterocycles. The van der Waals surface area contributed by atoms with E-state index in [1.54, 1.807) is 30.1 Å². The third kappa shape index (κ3) is 7.68. The first-order valence-electron chi connectivity index (χ1n) is 21.5. The predicted molar refractivity (Wildman–Crippen MR) is 226 cm³/mol. The van der Waals surface area contributed by atoms with Crippen molar-refractivity contribution in [2.45, 2.75) is 76.7 Å². The number of ether oxygens (including phenoxy) is 2. The molecule has 10 rings (SSSR count). The molecule has 4 bridgehead atoms. The molecule has 5 aromatic rings. The van der Waals surface area contributed by atoms with Crippen LogP contribution in [0.25, 0.3) is 22.3 Å². The number of imidazole rings is 1. The Balaban J connectivity index is 0.813. The van der Waals surface area contributed by atoms with Gasteiger partial charge in [-0.15, -0.1) is 0 Å². The lowest BCUT2D eigenvalue weighted by Gasteiger charge is -2.35. The topological polar surface area (TPSA) is 169 Å². The minimum atomic E-state index is -1.07. The molecule has 18 heteroatoms. The van der Waals surface area contributed by atoms with Gasteiger partial charge in [0, 0.05) is 80.8 Å². The van der Waals surface area contributed by atoms with Crippen molar-refractivity contribution in [2.24, 2.45) is 13.0 Å². The number of piperidine rings is 1. The van der Waals surface area contributed by atoms with E-state index in [0.717, 1.165) is 29.6 Å². The first-order chi connectivity index (χ1) is 30.4. The molecule has 5 atom stereocenters. The van der Waals surface area contributed by atoms with Crippen LogP contribution < -0.4 is 20.3 Å². The number of likely N-dealkylation sites (tertiary alicyclic amines) is 2. The zero-order valence-corrected chi connectivity index (χ0v) is 35.3. The van der Waals surface area contributed by atoms with Crippen LogP contribution in [0, 0.1) is 24.5 Å². The zero-order valence-electron chi connectivity index (χ0n) is 35.3. The van der Waals surface area contributed by atoms with Crippen molar-refractivity contribution in [1.29, 1.82) is 0 Å². The number of anilines is 2.